The number of likely N-dealkylation sites (N-methyl/N-ethyl adjacent to an activating group) is 2. The maximum Gasteiger partial charge on any atom is 0.344 e. The second kappa shape index (κ2) is 24.4. The van der Waals surface area contributed by atoms with Crippen LogP contribution in [0.1, 0.15) is 80.3 Å². The maximum absolute atomic E-state index is 14.7. The van der Waals surface area contributed by atoms with Gasteiger partial charge < -0.3 is 73.8 Å². The third-order valence-corrected chi connectivity index (χ3v) is 15.6. The van der Waals surface area contributed by atoms with Crippen molar-refractivity contribution >= 4 is 52.1 Å². The van der Waals surface area contributed by atoms with E-state index in [2.05, 4.69) is 25.1 Å². The predicted molar refractivity (Wildman–Crippen MR) is 291 cm³/mol. The first-order valence-electron chi connectivity index (χ1n) is 26.4. The van der Waals surface area contributed by atoms with Gasteiger partial charge in [-0.15, -0.1) is 0 Å². The summed E-state index contributed by atoms with van der Waals surface area (Å²) in [5.41, 5.74) is -1.42. The number of aliphatic hydroxyl groups excluding tert-OH is 2. The number of hydrogen-bond donors (Lipinski definition) is 6. The molecule has 0 saturated carbocycles. The van der Waals surface area contributed by atoms with Crippen LogP contribution in [0, 0.1) is 30.6 Å². The van der Waals surface area contributed by atoms with Crippen LogP contribution in [0.5, 0.6) is 23.0 Å². The van der Waals surface area contributed by atoms with Crippen LogP contribution in [0.2, 0.25) is 0 Å². The molecule has 6 heterocycles. The van der Waals surface area contributed by atoms with Crippen molar-refractivity contribution in [1.29, 1.82) is 0 Å². The van der Waals surface area contributed by atoms with Gasteiger partial charge in [0.05, 0.1) is 53.0 Å². The van der Waals surface area contributed by atoms with E-state index >= 15 is 0 Å². The molecule has 2 saturated heterocycles. The molecule has 0 spiro atoms. The zero-order valence-corrected chi connectivity index (χ0v) is 46.3. The number of fused-ring (bicyclic) bond motifs is 14. The van der Waals surface area contributed by atoms with E-state index in [-0.39, 0.29) is 50.0 Å². The number of nitrogens with zero attached hydrogens (tertiary/aromatic N) is 6. The monoisotopic (exact) mass is 1090 g/mol. The Morgan fingerprint density at radius 2 is 1.53 bits per heavy atom. The number of carbonyl (C=O) groups is 4. The minimum absolute atomic E-state index is 0.00807. The van der Waals surface area contributed by atoms with Crippen molar-refractivity contribution < 1.29 is 68.4 Å². The Labute approximate surface area is 453 Å². The van der Waals surface area contributed by atoms with E-state index in [1.54, 1.807) is 49.4 Å². The van der Waals surface area contributed by atoms with Crippen LogP contribution in [-0.4, -0.2) is 185 Å². The van der Waals surface area contributed by atoms with Crippen LogP contribution >= 0.6 is 0 Å². The summed E-state index contributed by atoms with van der Waals surface area (Å²) in [5, 5.41) is 68.0. The van der Waals surface area contributed by atoms with Crippen LogP contribution in [0.25, 0.3) is 10.8 Å². The van der Waals surface area contributed by atoms with Crippen molar-refractivity contribution in [3.63, 3.8) is 0 Å². The zero-order valence-electron chi connectivity index (χ0n) is 46.3. The lowest BCUT2D eigenvalue weighted by molar-refractivity contribution is -0.166. The number of phenols is 3. The van der Waals surface area contributed by atoms with E-state index < -0.39 is 107 Å². The number of Topliss-reactive ketones (excluding diaryl/α,β-unsaturated/α-hetero) is 1. The Hall–Kier alpha value is -6.98. The average molecular weight is 1090 g/mol. The van der Waals surface area contributed by atoms with E-state index in [0.29, 0.717) is 51.6 Å². The number of amides is 1. The molecule has 22 heteroatoms. The molecule has 0 unspecified atom stereocenters. The number of ether oxygens (including phenoxy) is 5. The summed E-state index contributed by atoms with van der Waals surface area (Å²) in [6.45, 7) is 17.7. The Bertz CT molecular complexity index is 2960. The highest BCUT2D eigenvalue weighted by Gasteiger charge is 2.50. The van der Waals surface area contributed by atoms with Gasteiger partial charge in [-0.1, -0.05) is 45.9 Å². The molecule has 5 aliphatic heterocycles. The minimum Gasteiger partial charge on any atom is -0.507 e. The average Bonchev–Trinajstić information content (AvgIpc) is 3.93. The Morgan fingerprint density at radius 1 is 0.872 bits per heavy atom. The van der Waals surface area contributed by atoms with Crippen molar-refractivity contribution in [1.82, 2.24) is 19.4 Å². The number of nitrogens with one attached hydrogen (secondary N) is 1. The number of methoxy groups -OCH3 is 1. The molecule has 2 fully saturated rings. The number of hydrazone groups is 1. The summed E-state index contributed by atoms with van der Waals surface area (Å²) in [6, 6.07) is 1.39. The molecule has 8 rings (SSSR count). The lowest BCUT2D eigenvalue weighted by atomic mass is 9.78. The highest BCUT2D eigenvalue weighted by molar-refractivity contribution is 6.24. The second-order valence-corrected chi connectivity index (χ2v) is 21.1. The van der Waals surface area contributed by atoms with Crippen LogP contribution < -0.4 is 20.4 Å². The highest BCUT2D eigenvalue weighted by atomic mass is 16.7. The number of aromatic nitrogens is 1. The number of anilines is 2. The van der Waals surface area contributed by atoms with Crippen LogP contribution in [0.3, 0.4) is 0 Å². The quantitative estimate of drug-likeness (QED) is 0.0762. The molecule has 1 amide bonds. The van der Waals surface area contributed by atoms with Gasteiger partial charge in [0.15, 0.2) is 17.8 Å². The van der Waals surface area contributed by atoms with Gasteiger partial charge in [0.25, 0.3) is 11.7 Å². The summed E-state index contributed by atoms with van der Waals surface area (Å²) < 4.78 is 31.3. The molecule has 0 aliphatic carbocycles. The normalized spacial score (nSPS) is 28.5. The molecule has 2 aromatic carbocycles. The summed E-state index contributed by atoms with van der Waals surface area (Å²) in [5.74, 6) is -10.3. The minimum atomic E-state index is -2.15. The first kappa shape index (κ1) is 58.7. The number of aromatic hydroxyl groups is 3. The van der Waals surface area contributed by atoms with E-state index in [9.17, 15) is 49.5 Å². The zero-order chi connectivity index (χ0) is 57.1. The number of benzene rings is 2. The molecule has 6 N–H and O–H groups in total. The van der Waals surface area contributed by atoms with Crippen molar-refractivity contribution in [2.24, 2.45) is 28.8 Å². The number of rotatable bonds is 9. The van der Waals surface area contributed by atoms with Crippen molar-refractivity contribution in [3.05, 3.63) is 80.9 Å². The predicted octanol–water partition coefficient (Wildman–Crippen LogP) is 4.11. The Balaban J connectivity index is 1.23. The number of hydrogen-bond acceptors (Lipinski definition) is 20. The fraction of sp³-hybridized carbons (Fsp3) is 0.536. The number of aryl methyl sites for hydroxylation is 1. The standard InChI is InChI=1S/C56H75N7O15/c1-12-61-28-37(38(64)26-40(61)62-21-17-59(9)18-22-62)55(73)75-29-41(65)77-51-32(4)39(74-11)16-25-76-56(8)53(71)44-42-43(48(68)35(7)52(44)78-56)50(70)45(36(49(42)69)27-57-63-23-19-60(10)20-24-63)58-54(72)31(3)15-13-14-30(2)46(66)33(5)47(67)34(51)6/h13-16,25-28,30,32-34,39,46-47,51,66-70H,12,17-24,29H2,1-11H3,(H,58,72)/b14-13+,25-16+,31-15-,57-27+/t30-,32-,33-,34-,39+,46+,47+,51-,56+/m1/s1. The smallest absolute Gasteiger partial charge is 0.344 e. The highest BCUT2D eigenvalue weighted by Crippen LogP contribution is 2.55. The summed E-state index contributed by atoms with van der Waals surface area (Å²) >= 11 is 0. The molecule has 5 bridgehead atoms. The van der Waals surface area contributed by atoms with Gasteiger partial charge >= 0.3 is 17.7 Å². The summed E-state index contributed by atoms with van der Waals surface area (Å²) in [7, 11) is 5.37. The van der Waals surface area contributed by atoms with Gasteiger partial charge in [-0.25, -0.2) is 9.59 Å². The first-order chi connectivity index (χ1) is 36.9. The number of ketones is 1. The number of phenolic OH excluding ortho intramolecular Hbond substituents is 3. The van der Waals surface area contributed by atoms with E-state index in [4.69, 9.17) is 23.7 Å². The van der Waals surface area contributed by atoms with E-state index in [1.807, 2.05) is 21.0 Å². The van der Waals surface area contributed by atoms with Gasteiger partial charge in [-0.2, -0.15) is 5.10 Å². The van der Waals surface area contributed by atoms with Crippen LogP contribution in [0.4, 0.5) is 11.5 Å². The van der Waals surface area contributed by atoms with Crippen LogP contribution in [0.15, 0.2) is 58.3 Å². The number of esters is 2. The summed E-state index contributed by atoms with van der Waals surface area (Å²) in [6.07, 6.45) is 5.16. The van der Waals surface area contributed by atoms with Gasteiger partial charge in [-0.3, -0.25) is 19.4 Å². The number of carbonyl (C=O) groups excluding carboxylic acids is 4. The van der Waals surface area contributed by atoms with Crippen molar-refractivity contribution in [2.45, 2.75) is 92.1 Å². The molecular weight excluding hydrogens is 1010 g/mol. The maximum atomic E-state index is 14.7. The van der Waals surface area contributed by atoms with E-state index in [1.165, 1.54) is 58.5 Å². The van der Waals surface area contributed by atoms with Gasteiger partial charge in [0.2, 0.25) is 0 Å². The molecule has 3 aromatic rings. The lowest BCUT2D eigenvalue weighted by Gasteiger charge is -2.38. The molecule has 0 radical (unpaired) electrons. The van der Waals surface area contributed by atoms with Gasteiger partial charge in [-0.05, 0) is 40.9 Å². The Kier molecular flexibility index (Phi) is 18.3. The molecule has 1 aromatic heterocycles. The van der Waals surface area contributed by atoms with Crippen LogP contribution in [-0.2, 0) is 35.1 Å². The van der Waals surface area contributed by atoms with E-state index in [0.717, 1.165) is 19.4 Å². The molecule has 5 aliphatic rings. The molecular formula is C56H75N7O15. The van der Waals surface area contributed by atoms with Gasteiger partial charge in [0, 0.05) is 125 Å². The third kappa shape index (κ3) is 12.0. The fourth-order valence-corrected chi connectivity index (χ4v) is 10.4. The topological polar surface area (TPSA) is 275 Å². The molecule has 78 heavy (non-hydrogen) atoms. The van der Waals surface area contributed by atoms with Crippen molar-refractivity contribution in [2.75, 3.05) is 90.4 Å². The van der Waals surface area contributed by atoms with Gasteiger partial charge in [0.1, 0.15) is 34.7 Å². The Morgan fingerprint density at radius 3 is 2.17 bits per heavy atom. The molecule has 22 nitrogen and oxygen atoms in total. The second-order valence-electron chi connectivity index (χ2n) is 21.1. The largest absolute Gasteiger partial charge is 0.507 e. The third-order valence-electron chi connectivity index (χ3n) is 15.6. The lowest BCUT2D eigenvalue weighted by Crippen LogP contribution is -2.47. The first-order valence-corrected chi connectivity index (χ1v) is 26.4. The molecule has 424 valence electrons. The fourth-order valence-electron chi connectivity index (χ4n) is 10.4. The number of allylic oxidation sites excluding steroid dienone is 2. The summed E-state index contributed by atoms with van der Waals surface area (Å²) in [4.78, 5) is 75.6. The number of piperazine rings is 2. The molecule has 9 atom stereocenters. The van der Waals surface area contributed by atoms with Crippen molar-refractivity contribution in [3.8, 4) is 23.0 Å². The SMILES string of the molecule is CCn1cc(C(=O)OCC(=O)O[C@H]2[C@H](C)[C@@H](O)[C@H](C)[C@@H](O)[C@H](C)/C=C/C=C(/C)C(=O)Nc3c(/C=N/N4CCN(C)CC4)c(O)c4c5c(c(C)c(O)c4c3O)O[C@](C)(O/C=C/[C@H](OC)[C@H]2C)C5=O)c(=O)cc1N1CCN(C)CC1. The number of aliphatic hydroxyl groups is 2. The number of pyridine rings is 1.